The molecule has 0 aromatic carbocycles. The Labute approximate surface area is 143 Å². The number of hydrogen-bond donors (Lipinski definition) is 2. The SMILES string of the molecule is CCNC(=NCc1cccs1)NCCCN1CCCCCC1=O. The lowest BCUT2D eigenvalue weighted by Crippen LogP contribution is -2.39. The predicted octanol–water partition coefficient (Wildman–Crippen LogP) is 2.60. The van der Waals surface area contributed by atoms with Crippen molar-refractivity contribution in [2.45, 2.75) is 45.6 Å². The number of nitrogens with one attached hydrogen (secondary N) is 2. The number of thiophene rings is 1. The van der Waals surface area contributed by atoms with Crippen LogP contribution in [-0.4, -0.2) is 42.9 Å². The molecule has 2 rings (SSSR count). The zero-order valence-corrected chi connectivity index (χ0v) is 14.8. The molecule has 1 saturated heterocycles. The van der Waals surface area contributed by atoms with E-state index >= 15 is 0 Å². The third-order valence-electron chi connectivity index (χ3n) is 3.89. The number of carbonyl (C=O) groups excluding carboxylic acids is 1. The predicted molar refractivity (Wildman–Crippen MR) is 96.8 cm³/mol. The third-order valence-corrected chi connectivity index (χ3v) is 4.75. The minimum atomic E-state index is 0.320. The maximum Gasteiger partial charge on any atom is 0.222 e. The van der Waals surface area contributed by atoms with Gasteiger partial charge >= 0.3 is 0 Å². The van der Waals surface area contributed by atoms with E-state index in [1.807, 2.05) is 11.0 Å². The average Bonchev–Trinajstić information content (AvgIpc) is 2.99. The van der Waals surface area contributed by atoms with Crippen molar-refractivity contribution in [2.24, 2.45) is 4.99 Å². The van der Waals surface area contributed by atoms with Gasteiger partial charge in [-0.2, -0.15) is 0 Å². The van der Waals surface area contributed by atoms with Gasteiger partial charge in [-0.3, -0.25) is 4.79 Å². The van der Waals surface area contributed by atoms with Crippen molar-refractivity contribution in [3.63, 3.8) is 0 Å². The molecule has 0 unspecified atom stereocenters. The lowest BCUT2D eigenvalue weighted by Gasteiger charge is -2.20. The minimum Gasteiger partial charge on any atom is -0.357 e. The van der Waals surface area contributed by atoms with E-state index in [0.29, 0.717) is 12.5 Å². The van der Waals surface area contributed by atoms with Crippen LogP contribution in [0.5, 0.6) is 0 Å². The van der Waals surface area contributed by atoms with E-state index in [1.165, 1.54) is 11.3 Å². The van der Waals surface area contributed by atoms with Gasteiger partial charge < -0.3 is 15.5 Å². The fraction of sp³-hybridized carbons (Fsp3) is 0.647. The molecule has 0 spiro atoms. The van der Waals surface area contributed by atoms with Crippen LogP contribution >= 0.6 is 11.3 Å². The van der Waals surface area contributed by atoms with Gasteiger partial charge in [-0.1, -0.05) is 12.5 Å². The van der Waals surface area contributed by atoms with Gasteiger partial charge in [0.1, 0.15) is 0 Å². The Kier molecular flexibility index (Phi) is 7.93. The van der Waals surface area contributed by atoms with Crippen LogP contribution in [-0.2, 0) is 11.3 Å². The Hall–Kier alpha value is -1.56. The summed E-state index contributed by atoms with van der Waals surface area (Å²) in [4.78, 5) is 19.8. The van der Waals surface area contributed by atoms with Gasteiger partial charge in [-0.25, -0.2) is 4.99 Å². The molecule has 23 heavy (non-hydrogen) atoms. The fourth-order valence-electron chi connectivity index (χ4n) is 2.65. The number of aliphatic imine (C=N–C) groups is 1. The number of guanidine groups is 1. The smallest absolute Gasteiger partial charge is 0.222 e. The lowest BCUT2D eigenvalue weighted by atomic mass is 10.2. The third kappa shape index (κ3) is 6.60. The average molecular weight is 337 g/mol. The number of amides is 1. The van der Waals surface area contributed by atoms with E-state index in [1.54, 1.807) is 11.3 Å². The number of nitrogens with zero attached hydrogens (tertiary/aromatic N) is 2. The number of hydrogen-bond acceptors (Lipinski definition) is 3. The molecule has 128 valence electrons. The first kappa shape index (κ1) is 17.8. The quantitative estimate of drug-likeness (QED) is 0.457. The molecular weight excluding hydrogens is 308 g/mol. The van der Waals surface area contributed by atoms with Gasteiger partial charge in [0, 0.05) is 37.5 Å². The zero-order chi connectivity index (χ0) is 16.3. The van der Waals surface area contributed by atoms with Crippen molar-refractivity contribution in [1.82, 2.24) is 15.5 Å². The van der Waals surface area contributed by atoms with Crippen molar-refractivity contribution >= 4 is 23.2 Å². The molecule has 1 aliphatic heterocycles. The van der Waals surface area contributed by atoms with Crippen LogP contribution in [0.25, 0.3) is 0 Å². The summed E-state index contributed by atoms with van der Waals surface area (Å²) in [6.07, 6.45) is 5.05. The summed E-state index contributed by atoms with van der Waals surface area (Å²) in [6, 6.07) is 4.15. The van der Waals surface area contributed by atoms with Crippen LogP contribution in [0.2, 0.25) is 0 Å². The van der Waals surface area contributed by atoms with Gasteiger partial charge in [0.2, 0.25) is 5.91 Å². The minimum absolute atomic E-state index is 0.320. The van der Waals surface area contributed by atoms with Crippen LogP contribution < -0.4 is 10.6 Å². The van der Waals surface area contributed by atoms with Crippen molar-refractivity contribution in [1.29, 1.82) is 0 Å². The first-order valence-electron chi connectivity index (χ1n) is 8.62. The normalized spacial score (nSPS) is 16.3. The Morgan fingerprint density at radius 3 is 3.04 bits per heavy atom. The fourth-order valence-corrected chi connectivity index (χ4v) is 3.28. The molecular formula is C17H28N4OS. The standard InChI is InChI=1S/C17H28N4OS/c1-2-18-17(20-14-15-8-6-13-23-15)19-10-7-12-21-11-5-3-4-9-16(21)22/h6,8,13H,2-5,7,9-12,14H2,1H3,(H2,18,19,20). The number of carbonyl (C=O) groups is 1. The highest BCUT2D eigenvalue weighted by Gasteiger charge is 2.15. The first-order valence-corrected chi connectivity index (χ1v) is 9.50. The van der Waals surface area contributed by atoms with Gasteiger partial charge in [0.05, 0.1) is 6.54 Å². The van der Waals surface area contributed by atoms with Crippen molar-refractivity contribution in [2.75, 3.05) is 26.2 Å². The van der Waals surface area contributed by atoms with E-state index in [-0.39, 0.29) is 0 Å². The zero-order valence-electron chi connectivity index (χ0n) is 14.0. The van der Waals surface area contributed by atoms with E-state index in [2.05, 4.69) is 34.0 Å². The molecule has 0 bridgehead atoms. The molecule has 0 radical (unpaired) electrons. The maximum atomic E-state index is 11.9. The maximum absolute atomic E-state index is 11.9. The summed E-state index contributed by atoms with van der Waals surface area (Å²) in [6.45, 7) is 6.22. The molecule has 6 heteroatoms. The summed E-state index contributed by atoms with van der Waals surface area (Å²) in [5, 5.41) is 8.70. The Morgan fingerprint density at radius 1 is 1.35 bits per heavy atom. The molecule has 1 fully saturated rings. The molecule has 0 atom stereocenters. The summed E-state index contributed by atoms with van der Waals surface area (Å²) in [7, 11) is 0. The van der Waals surface area contributed by atoms with Gasteiger partial charge in [-0.15, -0.1) is 11.3 Å². The summed E-state index contributed by atoms with van der Waals surface area (Å²) in [5.74, 6) is 1.17. The van der Waals surface area contributed by atoms with Gasteiger partial charge in [0.25, 0.3) is 0 Å². The van der Waals surface area contributed by atoms with E-state index < -0.39 is 0 Å². The molecule has 1 aromatic heterocycles. The molecule has 0 saturated carbocycles. The second-order valence-electron chi connectivity index (χ2n) is 5.75. The van der Waals surface area contributed by atoms with Crippen LogP contribution in [0.1, 0.15) is 43.9 Å². The monoisotopic (exact) mass is 336 g/mol. The molecule has 2 heterocycles. The number of rotatable bonds is 7. The van der Waals surface area contributed by atoms with Crippen molar-refractivity contribution < 1.29 is 4.79 Å². The Bertz CT molecular complexity index is 487. The highest BCUT2D eigenvalue weighted by molar-refractivity contribution is 7.09. The largest absolute Gasteiger partial charge is 0.357 e. The van der Waals surface area contributed by atoms with Crippen LogP contribution in [0, 0.1) is 0 Å². The molecule has 0 aliphatic carbocycles. The summed E-state index contributed by atoms with van der Waals surface area (Å²) >= 11 is 1.73. The Morgan fingerprint density at radius 2 is 2.26 bits per heavy atom. The van der Waals surface area contributed by atoms with Crippen LogP contribution in [0.3, 0.4) is 0 Å². The van der Waals surface area contributed by atoms with Gasteiger partial charge in [-0.05, 0) is 37.6 Å². The van der Waals surface area contributed by atoms with Crippen LogP contribution in [0.15, 0.2) is 22.5 Å². The summed E-state index contributed by atoms with van der Waals surface area (Å²) in [5.41, 5.74) is 0. The van der Waals surface area contributed by atoms with Crippen molar-refractivity contribution in [3.05, 3.63) is 22.4 Å². The second kappa shape index (κ2) is 10.3. The molecule has 1 aromatic rings. The highest BCUT2D eigenvalue weighted by atomic mass is 32.1. The van der Waals surface area contributed by atoms with Crippen LogP contribution in [0.4, 0.5) is 0 Å². The van der Waals surface area contributed by atoms with Gasteiger partial charge in [0.15, 0.2) is 5.96 Å². The first-order chi connectivity index (χ1) is 11.3. The Balaban J connectivity index is 1.71. The van der Waals surface area contributed by atoms with E-state index in [0.717, 1.165) is 57.8 Å². The van der Waals surface area contributed by atoms with E-state index in [4.69, 9.17) is 0 Å². The molecule has 5 nitrogen and oxygen atoms in total. The lowest BCUT2D eigenvalue weighted by molar-refractivity contribution is -0.130. The topological polar surface area (TPSA) is 56.7 Å². The van der Waals surface area contributed by atoms with E-state index in [9.17, 15) is 4.79 Å². The number of likely N-dealkylation sites (tertiary alicyclic amines) is 1. The van der Waals surface area contributed by atoms with Crippen molar-refractivity contribution in [3.8, 4) is 0 Å². The molecule has 1 amide bonds. The molecule has 2 N–H and O–H groups in total. The summed E-state index contributed by atoms with van der Waals surface area (Å²) < 4.78 is 0. The second-order valence-corrected chi connectivity index (χ2v) is 6.78. The highest BCUT2D eigenvalue weighted by Crippen LogP contribution is 2.11. The molecule has 1 aliphatic rings.